The molecule has 0 radical (unpaired) electrons. The Kier molecular flexibility index (Phi) is 6.13. The summed E-state index contributed by atoms with van der Waals surface area (Å²) in [6.07, 6.45) is -10.6. The van der Waals surface area contributed by atoms with Gasteiger partial charge in [-0.25, -0.2) is 0 Å². The van der Waals surface area contributed by atoms with Gasteiger partial charge in [0.1, 0.15) is 0 Å². The van der Waals surface area contributed by atoms with E-state index in [1.54, 1.807) is 0 Å². The predicted octanol–water partition coefficient (Wildman–Crippen LogP) is 4.79. The predicted molar refractivity (Wildman–Crippen MR) is 75.5 cm³/mol. The van der Waals surface area contributed by atoms with Gasteiger partial charge in [0.2, 0.25) is 0 Å². The largest absolute Gasteiger partial charge is 0.459 e. The lowest BCUT2D eigenvalue weighted by Crippen LogP contribution is -2.52. The SMILES string of the molecule is CCN(CC)c1ccc(C(O)CC(F)(F)C(F)(F)C(F)(F)F)cc1. The van der Waals surface area contributed by atoms with Crippen LogP contribution in [0.1, 0.15) is 31.9 Å². The van der Waals surface area contributed by atoms with Gasteiger partial charge in [-0.3, -0.25) is 0 Å². The molecule has 0 aromatic heterocycles. The fraction of sp³-hybridized carbons (Fsp3) is 0.600. The summed E-state index contributed by atoms with van der Waals surface area (Å²) in [6, 6.07) is 5.40. The molecular weight excluding hydrogens is 343 g/mol. The normalized spacial score (nSPS) is 14.6. The minimum atomic E-state index is -6.40. The highest BCUT2D eigenvalue weighted by molar-refractivity contribution is 5.47. The van der Waals surface area contributed by atoms with E-state index in [4.69, 9.17) is 0 Å². The molecule has 0 heterocycles. The number of hydrogen-bond acceptors (Lipinski definition) is 2. The van der Waals surface area contributed by atoms with Gasteiger partial charge in [-0.1, -0.05) is 12.1 Å². The van der Waals surface area contributed by atoms with E-state index in [9.17, 15) is 35.8 Å². The van der Waals surface area contributed by atoms with E-state index < -0.39 is 30.5 Å². The molecule has 0 aliphatic carbocycles. The highest BCUT2D eigenvalue weighted by Crippen LogP contribution is 2.49. The van der Waals surface area contributed by atoms with Crippen LogP contribution in [0, 0.1) is 0 Å². The summed E-state index contributed by atoms with van der Waals surface area (Å²) < 4.78 is 88.6. The molecule has 1 aromatic carbocycles. The summed E-state index contributed by atoms with van der Waals surface area (Å²) in [5.74, 6) is -11.6. The summed E-state index contributed by atoms with van der Waals surface area (Å²) in [4.78, 5) is 1.91. The van der Waals surface area contributed by atoms with Crippen LogP contribution in [0.5, 0.6) is 0 Å². The highest BCUT2D eigenvalue weighted by atomic mass is 19.4. The van der Waals surface area contributed by atoms with E-state index in [2.05, 4.69) is 0 Å². The van der Waals surface area contributed by atoms with Crippen LogP contribution in [0.2, 0.25) is 0 Å². The molecule has 9 heteroatoms. The summed E-state index contributed by atoms with van der Waals surface area (Å²) in [5, 5.41) is 9.63. The number of aliphatic hydroxyl groups is 1. The number of anilines is 1. The third-order valence-electron chi connectivity index (χ3n) is 3.67. The Morgan fingerprint density at radius 1 is 0.917 bits per heavy atom. The number of rotatable bonds is 7. The Morgan fingerprint density at radius 3 is 1.75 bits per heavy atom. The van der Waals surface area contributed by atoms with E-state index in [0.717, 1.165) is 0 Å². The highest BCUT2D eigenvalue weighted by Gasteiger charge is 2.72. The molecule has 1 N–H and O–H groups in total. The minimum absolute atomic E-state index is 0.163. The summed E-state index contributed by atoms with van der Waals surface area (Å²) in [6.45, 7) is 5.08. The van der Waals surface area contributed by atoms with Crippen LogP contribution in [0.4, 0.5) is 36.4 Å². The van der Waals surface area contributed by atoms with Crippen molar-refractivity contribution in [2.45, 2.75) is 44.4 Å². The second kappa shape index (κ2) is 7.16. The second-order valence-corrected chi connectivity index (χ2v) is 5.26. The molecule has 0 spiro atoms. The topological polar surface area (TPSA) is 23.5 Å². The quantitative estimate of drug-likeness (QED) is 0.706. The summed E-state index contributed by atoms with van der Waals surface area (Å²) >= 11 is 0. The van der Waals surface area contributed by atoms with Gasteiger partial charge in [-0.05, 0) is 31.5 Å². The van der Waals surface area contributed by atoms with Gasteiger partial charge in [-0.15, -0.1) is 0 Å². The van der Waals surface area contributed by atoms with Crippen molar-refractivity contribution in [1.82, 2.24) is 0 Å². The van der Waals surface area contributed by atoms with E-state index >= 15 is 0 Å². The van der Waals surface area contributed by atoms with Crippen molar-refractivity contribution in [3.05, 3.63) is 29.8 Å². The van der Waals surface area contributed by atoms with Crippen molar-refractivity contribution in [2.75, 3.05) is 18.0 Å². The van der Waals surface area contributed by atoms with Crippen LogP contribution < -0.4 is 4.90 Å². The number of hydrogen-bond donors (Lipinski definition) is 1. The number of benzene rings is 1. The van der Waals surface area contributed by atoms with E-state index in [0.29, 0.717) is 18.8 Å². The smallest absolute Gasteiger partial charge is 0.388 e. The van der Waals surface area contributed by atoms with Crippen molar-refractivity contribution in [3.63, 3.8) is 0 Å². The number of alkyl halides is 7. The Labute approximate surface area is 134 Å². The maximum absolute atomic E-state index is 13.3. The molecule has 0 aliphatic rings. The average molecular weight is 361 g/mol. The van der Waals surface area contributed by atoms with Crippen LogP contribution >= 0.6 is 0 Å². The zero-order valence-corrected chi connectivity index (χ0v) is 13.0. The molecule has 0 saturated heterocycles. The molecule has 0 bridgehead atoms. The Morgan fingerprint density at radius 2 is 1.38 bits per heavy atom. The molecule has 24 heavy (non-hydrogen) atoms. The van der Waals surface area contributed by atoms with Gasteiger partial charge in [0.05, 0.1) is 6.10 Å². The summed E-state index contributed by atoms with van der Waals surface area (Å²) in [5.41, 5.74) is 0.548. The lowest BCUT2D eigenvalue weighted by molar-refractivity contribution is -0.358. The minimum Gasteiger partial charge on any atom is -0.388 e. The van der Waals surface area contributed by atoms with Crippen LogP contribution in [0.25, 0.3) is 0 Å². The zero-order valence-electron chi connectivity index (χ0n) is 13.0. The third kappa shape index (κ3) is 4.12. The van der Waals surface area contributed by atoms with Crippen LogP contribution in [-0.2, 0) is 0 Å². The van der Waals surface area contributed by atoms with Crippen LogP contribution in [0.3, 0.4) is 0 Å². The molecule has 2 nitrogen and oxygen atoms in total. The van der Waals surface area contributed by atoms with Crippen molar-refractivity contribution in [1.29, 1.82) is 0 Å². The van der Waals surface area contributed by atoms with Gasteiger partial charge >= 0.3 is 18.0 Å². The van der Waals surface area contributed by atoms with Crippen LogP contribution in [-0.4, -0.2) is 36.2 Å². The van der Waals surface area contributed by atoms with Gasteiger partial charge in [0.15, 0.2) is 0 Å². The number of nitrogens with zero attached hydrogens (tertiary/aromatic N) is 1. The molecule has 1 rings (SSSR count). The van der Waals surface area contributed by atoms with Gasteiger partial charge in [-0.2, -0.15) is 30.7 Å². The fourth-order valence-electron chi connectivity index (χ4n) is 2.19. The first-order chi connectivity index (χ1) is 10.9. The van der Waals surface area contributed by atoms with Crippen LogP contribution in [0.15, 0.2) is 24.3 Å². The molecule has 0 amide bonds. The number of halogens is 7. The Hall–Kier alpha value is -1.51. The zero-order chi connectivity index (χ0) is 18.8. The number of aliphatic hydroxyl groups excluding tert-OH is 1. The molecular formula is C15H18F7NO. The van der Waals surface area contributed by atoms with E-state index in [1.165, 1.54) is 24.3 Å². The van der Waals surface area contributed by atoms with Crippen molar-refractivity contribution < 1.29 is 35.8 Å². The van der Waals surface area contributed by atoms with Crippen molar-refractivity contribution in [2.24, 2.45) is 0 Å². The lowest BCUT2D eigenvalue weighted by atomic mass is 9.98. The van der Waals surface area contributed by atoms with Gasteiger partial charge < -0.3 is 10.0 Å². The molecule has 0 fully saturated rings. The van der Waals surface area contributed by atoms with Crippen molar-refractivity contribution in [3.8, 4) is 0 Å². The summed E-state index contributed by atoms with van der Waals surface area (Å²) in [7, 11) is 0. The van der Waals surface area contributed by atoms with E-state index in [-0.39, 0.29) is 5.56 Å². The maximum atomic E-state index is 13.3. The lowest BCUT2D eigenvalue weighted by Gasteiger charge is -2.29. The first-order valence-electron chi connectivity index (χ1n) is 7.22. The monoisotopic (exact) mass is 361 g/mol. The van der Waals surface area contributed by atoms with E-state index in [1.807, 2.05) is 18.7 Å². The van der Waals surface area contributed by atoms with Gasteiger partial charge in [0, 0.05) is 25.2 Å². The Bertz CT molecular complexity index is 524. The standard InChI is InChI=1S/C15H18F7NO/c1-3-23(4-2)11-7-5-10(6-8-11)12(24)9-13(16,17)14(18,19)15(20,21)22/h5-8,12,24H,3-4,9H2,1-2H3. The fourth-order valence-corrected chi connectivity index (χ4v) is 2.19. The molecule has 1 aromatic rings. The molecule has 0 saturated carbocycles. The molecule has 1 atom stereocenters. The van der Waals surface area contributed by atoms with Gasteiger partial charge in [0.25, 0.3) is 0 Å². The second-order valence-electron chi connectivity index (χ2n) is 5.26. The maximum Gasteiger partial charge on any atom is 0.459 e. The Balaban J connectivity index is 2.93. The third-order valence-corrected chi connectivity index (χ3v) is 3.67. The first kappa shape index (κ1) is 20.5. The molecule has 1 unspecified atom stereocenters. The average Bonchev–Trinajstić information content (AvgIpc) is 2.47. The molecule has 0 aliphatic heterocycles. The first-order valence-corrected chi connectivity index (χ1v) is 7.22. The molecule has 138 valence electrons. The van der Waals surface area contributed by atoms with Crippen molar-refractivity contribution >= 4 is 5.69 Å².